The first kappa shape index (κ1) is 20.3. The fraction of sp³-hybridized carbons (Fsp3) is 0.478. The third kappa shape index (κ3) is 4.71. The topological polar surface area (TPSA) is 45.7 Å². The summed E-state index contributed by atoms with van der Waals surface area (Å²) in [6, 6.07) is 14.4. The van der Waals surface area contributed by atoms with E-state index in [-0.39, 0.29) is 0 Å². The Labute approximate surface area is 168 Å². The average Bonchev–Trinajstić information content (AvgIpc) is 3.12. The van der Waals surface area contributed by atoms with Gasteiger partial charge in [-0.1, -0.05) is 24.3 Å². The van der Waals surface area contributed by atoms with Crippen molar-refractivity contribution in [2.45, 2.75) is 65.1 Å². The summed E-state index contributed by atoms with van der Waals surface area (Å²) in [6.45, 7) is 11.2. The van der Waals surface area contributed by atoms with Gasteiger partial charge in [-0.2, -0.15) is 0 Å². The average molecular weight is 382 g/mol. The second kappa shape index (κ2) is 8.31. The van der Waals surface area contributed by atoms with E-state index in [1.54, 1.807) is 0 Å². The van der Waals surface area contributed by atoms with Crippen LogP contribution in [-0.4, -0.2) is 34.2 Å². The molecule has 0 unspecified atom stereocenters. The second-order valence-corrected chi connectivity index (χ2v) is 8.59. The number of likely N-dealkylation sites (tertiary alicyclic amines) is 1. The summed E-state index contributed by atoms with van der Waals surface area (Å²) in [5.74, 6) is 0.568. The molecule has 0 radical (unpaired) electrons. The fourth-order valence-corrected chi connectivity index (χ4v) is 3.71. The number of anilines is 2. The first-order chi connectivity index (χ1) is 13.3. The van der Waals surface area contributed by atoms with Crippen LogP contribution in [0.2, 0.25) is 0 Å². The van der Waals surface area contributed by atoms with Crippen molar-refractivity contribution < 1.29 is 9.53 Å². The van der Waals surface area contributed by atoms with Gasteiger partial charge in [-0.05, 0) is 77.8 Å². The zero-order chi connectivity index (χ0) is 20.3. The molecule has 5 heteroatoms. The highest BCUT2D eigenvalue weighted by Gasteiger charge is 2.29. The standard InChI is InChI=1S/C23H31N3O2/c1-17(2)25-15-9-12-20(25)18-13-14-21(24-16-18)26(19-10-7-6-8-11-19)22(27)28-23(3,4)5/h6-8,10-11,13-14,16-17,20H,9,12,15H2,1-5H3/t20-/m1/s1. The maximum Gasteiger partial charge on any atom is 0.420 e. The molecule has 1 aromatic carbocycles. The van der Waals surface area contributed by atoms with Crippen molar-refractivity contribution in [2.24, 2.45) is 0 Å². The maximum absolute atomic E-state index is 12.9. The molecule has 1 saturated heterocycles. The van der Waals surface area contributed by atoms with Crippen molar-refractivity contribution in [3.8, 4) is 0 Å². The molecule has 150 valence electrons. The van der Waals surface area contributed by atoms with Gasteiger partial charge in [0, 0.05) is 18.3 Å². The lowest BCUT2D eigenvalue weighted by atomic mass is 10.1. The Kier molecular flexibility index (Phi) is 6.04. The molecule has 2 aromatic rings. The first-order valence-electron chi connectivity index (χ1n) is 10.1. The maximum atomic E-state index is 12.9. The fourth-order valence-electron chi connectivity index (χ4n) is 3.71. The van der Waals surface area contributed by atoms with E-state index in [1.165, 1.54) is 16.9 Å². The van der Waals surface area contributed by atoms with E-state index in [0.717, 1.165) is 18.7 Å². The molecule has 1 atom stereocenters. The van der Waals surface area contributed by atoms with Crippen LogP contribution in [0, 0.1) is 0 Å². The quantitative estimate of drug-likeness (QED) is 0.681. The Bertz CT molecular complexity index is 782. The molecular formula is C23H31N3O2. The van der Waals surface area contributed by atoms with Crippen LogP contribution in [0.1, 0.15) is 59.1 Å². The van der Waals surface area contributed by atoms with Crippen molar-refractivity contribution >= 4 is 17.6 Å². The predicted octanol–water partition coefficient (Wildman–Crippen LogP) is 5.70. The van der Waals surface area contributed by atoms with Crippen LogP contribution < -0.4 is 4.90 Å². The van der Waals surface area contributed by atoms with Crippen LogP contribution in [0.5, 0.6) is 0 Å². The van der Waals surface area contributed by atoms with Crippen LogP contribution in [0.3, 0.4) is 0 Å². The Hall–Kier alpha value is -2.40. The minimum atomic E-state index is -0.578. The van der Waals surface area contributed by atoms with Crippen LogP contribution >= 0.6 is 0 Å². The number of hydrogen-bond donors (Lipinski definition) is 0. The number of ether oxygens (including phenoxy) is 1. The van der Waals surface area contributed by atoms with Gasteiger partial charge < -0.3 is 4.74 Å². The molecule has 2 heterocycles. The first-order valence-corrected chi connectivity index (χ1v) is 10.1. The molecule has 0 aliphatic carbocycles. The number of rotatable bonds is 4. The number of nitrogens with zero attached hydrogens (tertiary/aromatic N) is 3. The lowest BCUT2D eigenvalue weighted by molar-refractivity contribution is 0.0598. The van der Waals surface area contributed by atoms with Crippen LogP contribution in [0.4, 0.5) is 16.3 Å². The van der Waals surface area contributed by atoms with Gasteiger partial charge in [-0.15, -0.1) is 0 Å². The molecule has 0 saturated carbocycles. The monoisotopic (exact) mass is 381 g/mol. The number of pyridine rings is 1. The van der Waals surface area contributed by atoms with Crippen molar-refractivity contribution in [3.63, 3.8) is 0 Å². The molecule has 1 amide bonds. The number of carbonyl (C=O) groups excluding carboxylic acids is 1. The highest BCUT2D eigenvalue weighted by Crippen LogP contribution is 2.34. The number of aromatic nitrogens is 1. The molecule has 0 N–H and O–H groups in total. The third-order valence-electron chi connectivity index (χ3n) is 4.93. The Morgan fingerprint density at radius 3 is 2.46 bits per heavy atom. The van der Waals surface area contributed by atoms with Gasteiger partial charge >= 0.3 is 6.09 Å². The van der Waals surface area contributed by atoms with Gasteiger partial charge in [0.25, 0.3) is 0 Å². The second-order valence-electron chi connectivity index (χ2n) is 8.59. The highest BCUT2D eigenvalue weighted by molar-refractivity contribution is 5.95. The lowest BCUT2D eigenvalue weighted by Crippen LogP contribution is -2.34. The molecule has 28 heavy (non-hydrogen) atoms. The Morgan fingerprint density at radius 1 is 1.18 bits per heavy atom. The largest absolute Gasteiger partial charge is 0.443 e. The SMILES string of the molecule is CC(C)N1CCC[C@@H]1c1ccc(N(C(=O)OC(C)(C)C)c2ccccc2)nc1. The number of benzene rings is 1. The molecule has 5 nitrogen and oxygen atoms in total. The van der Waals surface area contributed by atoms with Crippen LogP contribution in [0.15, 0.2) is 48.7 Å². The van der Waals surface area contributed by atoms with Gasteiger partial charge in [-0.25, -0.2) is 14.7 Å². The molecule has 1 aliphatic heterocycles. The highest BCUT2D eigenvalue weighted by atomic mass is 16.6. The molecule has 0 spiro atoms. The zero-order valence-corrected chi connectivity index (χ0v) is 17.6. The van der Waals surface area contributed by atoms with E-state index in [9.17, 15) is 4.79 Å². The Morgan fingerprint density at radius 2 is 1.89 bits per heavy atom. The molecule has 0 bridgehead atoms. The number of carbonyl (C=O) groups is 1. The van der Waals surface area contributed by atoms with Gasteiger partial charge in [0.05, 0.1) is 5.69 Å². The molecule has 1 aromatic heterocycles. The van der Waals surface area contributed by atoms with Gasteiger partial charge in [0.1, 0.15) is 11.4 Å². The summed E-state index contributed by atoms with van der Waals surface area (Å²) < 4.78 is 5.63. The van der Waals surface area contributed by atoms with Crippen molar-refractivity contribution in [1.29, 1.82) is 0 Å². The van der Waals surface area contributed by atoms with Crippen molar-refractivity contribution in [1.82, 2.24) is 9.88 Å². The number of para-hydroxylation sites is 1. The molecular weight excluding hydrogens is 350 g/mol. The molecule has 3 rings (SSSR count). The number of amides is 1. The van der Waals surface area contributed by atoms with E-state index in [2.05, 4.69) is 29.8 Å². The van der Waals surface area contributed by atoms with E-state index in [0.29, 0.717) is 17.9 Å². The molecule has 1 fully saturated rings. The van der Waals surface area contributed by atoms with Gasteiger partial charge in [-0.3, -0.25) is 4.90 Å². The van der Waals surface area contributed by atoms with E-state index in [4.69, 9.17) is 4.74 Å². The zero-order valence-electron chi connectivity index (χ0n) is 17.6. The van der Waals surface area contributed by atoms with Crippen LogP contribution in [-0.2, 0) is 4.74 Å². The summed E-state index contributed by atoms with van der Waals surface area (Å²) in [6.07, 6.45) is 3.83. The van der Waals surface area contributed by atoms with Crippen molar-refractivity contribution in [3.05, 3.63) is 54.2 Å². The lowest BCUT2D eigenvalue weighted by Gasteiger charge is -2.29. The number of hydrogen-bond acceptors (Lipinski definition) is 4. The summed E-state index contributed by atoms with van der Waals surface area (Å²) in [5, 5.41) is 0. The summed E-state index contributed by atoms with van der Waals surface area (Å²) in [5.41, 5.74) is 1.36. The molecule has 1 aliphatic rings. The van der Waals surface area contributed by atoms with Crippen LogP contribution in [0.25, 0.3) is 0 Å². The minimum absolute atomic E-state index is 0.397. The normalized spacial score (nSPS) is 17.7. The third-order valence-corrected chi connectivity index (χ3v) is 4.93. The summed E-state index contributed by atoms with van der Waals surface area (Å²) >= 11 is 0. The smallest absolute Gasteiger partial charge is 0.420 e. The van der Waals surface area contributed by atoms with Gasteiger partial charge in [0.15, 0.2) is 0 Å². The predicted molar refractivity (Wildman–Crippen MR) is 113 cm³/mol. The Balaban J connectivity index is 1.89. The summed E-state index contributed by atoms with van der Waals surface area (Å²) in [7, 11) is 0. The minimum Gasteiger partial charge on any atom is -0.443 e. The summed E-state index contributed by atoms with van der Waals surface area (Å²) in [4.78, 5) is 21.6. The van der Waals surface area contributed by atoms with Crippen molar-refractivity contribution in [2.75, 3.05) is 11.4 Å². The van der Waals surface area contributed by atoms with E-state index in [1.807, 2.05) is 63.4 Å². The van der Waals surface area contributed by atoms with Gasteiger partial charge in [0.2, 0.25) is 0 Å². The van der Waals surface area contributed by atoms with E-state index >= 15 is 0 Å². The van der Waals surface area contributed by atoms with E-state index < -0.39 is 11.7 Å².